The van der Waals surface area contributed by atoms with Crippen molar-refractivity contribution in [1.82, 2.24) is 4.98 Å². The SMILES string of the molecule is CCCc1c2c(nc(C3CCCC3)c1C(=O)c1ccc(C(F)(F)F)cc1)CC1(CCC1)CC2=O. The largest absolute Gasteiger partial charge is 0.416 e. The van der Waals surface area contributed by atoms with Crippen molar-refractivity contribution in [2.24, 2.45) is 5.41 Å². The molecule has 3 aliphatic carbocycles. The quantitative estimate of drug-likeness (QED) is 0.434. The van der Waals surface area contributed by atoms with Crippen LogP contribution < -0.4 is 0 Å². The van der Waals surface area contributed by atoms with Gasteiger partial charge in [0, 0.05) is 29.0 Å². The van der Waals surface area contributed by atoms with E-state index in [1.807, 2.05) is 6.92 Å². The molecule has 2 aromatic rings. The highest BCUT2D eigenvalue weighted by molar-refractivity contribution is 6.13. The monoisotopic (exact) mass is 469 g/mol. The molecule has 180 valence electrons. The highest BCUT2D eigenvalue weighted by atomic mass is 19.4. The van der Waals surface area contributed by atoms with Gasteiger partial charge in [0.05, 0.1) is 17.0 Å². The molecule has 5 rings (SSSR count). The summed E-state index contributed by atoms with van der Waals surface area (Å²) in [5.74, 6) is -0.0777. The molecule has 0 bridgehead atoms. The lowest BCUT2D eigenvalue weighted by molar-refractivity contribution is -0.137. The van der Waals surface area contributed by atoms with Crippen molar-refractivity contribution in [1.29, 1.82) is 0 Å². The zero-order chi connectivity index (χ0) is 24.1. The second-order valence-corrected chi connectivity index (χ2v) is 10.4. The number of aromatic nitrogens is 1. The summed E-state index contributed by atoms with van der Waals surface area (Å²) in [5.41, 5.74) is 2.97. The van der Waals surface area contributed by atoms with Crippen LogP contribution in [-0.4, -0.2) is 16.6 Å². The van der Waals surface area contributed by atoms with Crippen LogP contribution in [-0.2, 0) is 19.0 Å². The molecular weight excluding hydrogens is 439 g/mol. The number of halogens is 3. The fourth-order valence-corrected chi connectivity index (χ4v) is 6.25. The third-order valence-corrected chi connectivity index (χ3v) is 8.12. The van der Waals surface area contributed by atoms with E-state index in [4.69, 9.17) is 4.98 Å². The van der Waals surface area contributed by atoms with Crippen LogP contribution >= 0.6 is 0 Å². The number of carbonyl (C=O) groups excluding carboxylic acids is 2. The number of hydrogen-bond donors (Lipinski definition) is 0. The molecule has 1 heterocycles. The van der Waals surface area contributed by atoms with Crippen LogP contribution in [0.15, 0.2) is 24.3 Å². The van der Waals surface area contributed by atoms with Gasteiger partial charge in [0.1, 0.15) is 0 Å². The number of ketones is 2. The Labute approximate surface area is 198 Å². The van der Waals surface area contributed by atoms with Gasteiger partial charge < -0.3 is 0 Å². The number of fused-ring (bicyclic) bond motifs is 1. The Morgan fingerprint density at radius 2 is 1.74 bits per heavy atom. The second kappa shape index (κ2) is 8.62. The van der Waals surface area contributed by atoms with Crippen molar-refractivity contribution in [3.8, 4) is 0 Å². The first-order chi connectivity index (χ1) is 16.2. The molecule has 3 aliphatic rings. The average molecular weight is 470 g/mol. The topological polar surface area (TPSA) is 47.0 Å². The maximum absolute atomic E-state index is 13.8. The van der Waals surface area contributed by atoms with Crippen molar-refractivity contribution in [3.63, 3.8) is 0 Å². The number of Topliss-reactive ketones (excluding diaryl/α,β-unsaturated/α-hetero) is 1. The van der Waals surface area contributed by atoms with Gasteiger partial charge in [0.2, 0.25) is 0 Å². The molecule has 0 N–H and O–H groups in total. The number of nitrogens with zero attached hydrogens (tertiary/aromatic N) is 1. The second-order valence-electron chi connectivity index (χ2n) is 10.4. The predicted molar refractivity (Wildman–Crippen MR) is 123 cm³/mol. The zero-order valence-corrected chi connectivity index (χ0v) is 19.6. The first-order valence-corrected chi connectivity index (χ1v) is 12.5. The number of benzene rings is 1. The van der Waals surface area contributed by atoms with Crippen molar-refractivity contribution in [3.05, 3.63) is 63.5 Å². The molecule has 1 spiro atoms. The first-order valence-electron chi connectivity index (χ1n) is 12.5. The molecular formula is C28H30F3NO2. The van der Waals surface area contributed by atoms with Gasteiger partial charge >= 0.3 is 6.18 Å². The minimum atomic E-state index is -4.46. The number of hydrogen-bond acceptors (Lipinski definition) is 3. The van der Waals surface area contributed by atoms with Gasteiger partial charge in [-0.1, -0.05) is 44.7 Å². The lowest BCUT2D eigenvalue weighted by Crippen LogP contribution is -2.40. The van der Waals surface area contributed by atoms with Crippen LogP contribution in [0.25, 0.3) is 0 Å². The Kier molecular flexibility index (Phi) is 5.89. The Bertz CT molecular complexity index is 1120. The third kappa shape index (κ3) is 3.99. The van der Waals surface area contributed by atoms with Gasteiger partial charge in [-0.25, -0.2) is 0 Å². The summed E-state index contributed by atoms with van der Waals surface area (Å²) in [6.07, 6.45) is 5.49. The van der Waals surface area contributed by atoms with Crippen molar-refractivity contribution in [2.45, 2.75) is 89.6 Å². The summed E-state index contributed by atoms with van der Waals surface area (Å²) in [6, 6.07) is 4.42. The maximum atomic E-state index is 13.8. The summed E-state index contributed by atoms with van der Waals surface area (Å²) >= 11 is 0. The van der Waals surface area contributed by atoms with Gasteiger partial charge in [-0.3, -0.25) is 14.6 Å². The molecule has 0 radical (unpaired) electrons. The van der Waals surface area contributed by atoms with E-state index in [2.05, 4.69) is 0 Å². The lowest BCUT2D eigenvalue weighted by atomic mass is 9.59. The molecule has 0 saturated heterocycles. The Balaban J connectivity index is 1.66. The highest BCUT2D eigenvalue weighted by Gasteiger charge is 2.45. The zero-order valence-electron chi connectivity index (χ0n) is 19.6. The van der Waals surface area contributed by atoms with E-state index in [1.54, 1.807) is 0 Å². The molecule has 0 amide bonds. The van der Waals surface area contributed by atoms with Crippen LogP contribution in [0.3, 0.4) is 0 Å². The van der Waals surface area contributed by atoms with E-state index in [-0.39, 0.29) is 28.5 Å². The minimum absolute atomic E-state index is 0.0342. The molecule has 6 heteroatoms. The fraction of sp³-hybridized carbons (Fsp3) is 0.536. The summed E-state index contributed by atoms with van der Waals surface area (Å²) in [6.45, 7) is 2.02. The Morgan fingerprint density at radius 3 is 2.29 bits per heavy atom. The molecule has 3 nitrogen and oxygen atoms in total. The highest BCUT2D eigenvalue weighted by Crippen LogP contribution is 2.51. The Morgan fingerprint density at radius 1 is 1.06 bits per heavy atom. The van der Waals surface area contributed by atoms with Crippen molar-refractivity contribution >= 4 is 11.6 Å². The summed E-state index contributed by atoms with van der Waals surface area (Å²) < 4.78 is 39.2. The van der Waals surface area contributed by atoms with Gasteiger partial charge in [-0.2, -0.15) is 13.2 Å². The van der Waals surface area contributed by atoms with Gasteiger partial charge in [0.25, 0.3) is 0 Å². The normalized spacial score (nSPS) is 19.8. The Hall–Kier alpha value is -2.50. The smallest absolute Gasteiger partial charge is 0.294 e. The van der Waals surface area contributed by atoms with E-state index in [9.17, 15) is 22.8 Å². The molecule has 0 atom stereocenters. The lowest BCUT2D eigenvalue weighted by Gasteiger charge is -2.45. The van der Waals surface area contributed by atoms with Crippen LogP contribution in [0, 0.1) is 5.41 Å². The third-order valence-electron chi connectivity index (χ3n) is 8.12. The number of rotatable bonds is 5. The number of carbonyl (C=O) groups is 2. The van der Waals surface area contributed by atoms with Crippen LogP contribution in [0.5, 0.6) is 0 Å². The molecule has 2 fully saturated rings. The van der Waals surface area contributed by atoms with Crippen molar-refractivity contribution < 1.29 is 22.8 Å². The predicted octanol–water partition coefficient (Wildman–Crippen LogP) is 7.24. The molecule has 0 aliphatic heterocycles. The number of alkyl halides is 3. The van der Waals surface area contributed by atoms with Gasteiger partial charge in [-0.15, -0.1) is 0 Å². The average Bonchev–Trinajstić information content (AvgIpc) is 3.31. The van der Waals surface area contributed by atoms with Gasteiger partial charge in [-0.05, 0) is 61.6 Å². The van der Waals surface area contributed by atoms with Crippen LogP contribution in [0.2, 0.25) is 0 Å². The molecule has 2 saturated carbocycles. The fourth-order valence-electron chi connectivity index (χ4n) is 6.25. The number of pyridine rings is 1. The minimum Gasteiger partial charge on any atom is -0.294 e. The van der Waals surface area contributed by atoms with Crippen LogP contribution in [0.1, 0.15) is 119 Å². The molecule has 0 unspecified atom stereocenters. The molecule has 1 aromatic carbocycles. The van der Waals surface area contributed by atoms with E-state index < -0.39 is 11.7 Å². The van der Waals surface area contributed by atoms with E-state index in [0.717, 1.165) is 86.9 Å². The molecule has 1 aromatic heterocycles. The van der Waals surface area contributed by atoms with Crippen LogP contribution in [0.4, 0.5) is 13.2 Å². The summed E-state index contributed by atoms with van der Waals surface area (Å²) in [5, 5.41) is 0. The molecule has 34 heavy (non-hydrogen) atoms. The summed E-state index contributed by atoms with van der Waals surface area (Å²) in [4.78, 5) is 32.3. The van der Waals surface area contributed by atoms with E-state index in [0.29, 0.717) is 24.0 Å². The van der Waals surface area contributed by atoms with Gasteiger partial charge in [0.15, 0.2) is 11.6 Å². The summed E-state index contributed by atoms with van der Waals surface area (Å²) in [7, 11) is 0. The van der Waals surface area contributed by atoms with Crippen molar-refractivity contribution in [2.75, 3.05) is 0 Å². The van der Waals surface area contributed by atoms with E-state index in [1.165, 1.54) is 12.1 Å². The maximum Gasteiger partial charge on any atom is 0.416 e. The van der Waals surface area contributed by atoms with E-state index >= 15 is 0 Å². The standard InChI is InChI=1S/C28H30F3NO2/c1-2-6-20-23-21(15-27(13-5-14-27)16-22(23)33)32-25(17-7-3-4-8-17)24(20)26(34)18-9-11-19(12-10-18)28(29,30)31/h9-12,17H,2-8,13-16H2,1H3. The first kappa shape index (κ1) is 23.3.